The van der Waals surface area contributed by atoms with Crippen molar-refractivity contribution in [3.63, 3.8) is 0 Å². The van der Waals surface area contributed by atoms with Gasteiger partial charge in [-0.05, 0) is 44.3 Å². The molecule has 2 saturated heterocycles. The number of cyclic esters (lactones) is 1. The Balaban J connectivity index is 1.88. The zero-order valence-electron chi connectivity index (χ0n) is 23.0. The number of aryl methyl sites for hydroxylation is 1. The van der Waals surface area contributed by atoms with Crippen LogP contribution in [0.5, 0.6) is 0 Å². The Morgan fingerprint density at radius 3 is 2.57 bits per heavy atom. The molecule has 0 bridgehead atoms. The first kappa shape index (κ1) is 29.9. The van der Waals surface area contributed by atoms with Crippen LogP contribution in [0.3, 0.4) is 0 Å². The lowest BCUT2D eigenvalue weighted by Crippen LogP contribution is -2.45. The van der Waals surface area contributed by atoms with Gasteiger partial charge in [0.1, 0.15) is 11.9 Å². The van der Waals surface area contributed by atoms with Crippen LogP contribution in [0.4, 0.5) is 0 Å². The number of ether oxygens (including phenoxy) is 1. The summed E-state index contributed by atoms with van der Waals surface area (Å²) in [4.78, 5) is 33.1. The first-order chi connectivity index (χ1) is 17.4. The number of Topliss-reactive ketones (excluding diaryl/α,β-unsaturated/α-hetero) is 1. The average molecular weight is 537 g/mol. The van der Waals surface area contributed by atoms with Gasteiger partial charge in [0.05, 0.1) is 41.4 Å². The predicted molar refractivity (Wildman–Crippen MR) is 144 cm³/mol. The van der Waals surface area contributed by atoms with Crippen LogP contribution in [0.15, 0.2) is 11.0 Å². The van der Waals surface area contributed by atoms with Crippen molar-refractivity contribution >= 4 is 29.2 Å². The number of hydrogen-bond donors (Lipinski definition) is 3. The maximum atomic E-state index is 13.3. The first-order valence-electron chi connectivity index (χ1n) is 13.4. The molecule has 0 amide bonds. The Labute approximate surface area is 224 Å². The molecule has 1 aromatic rings. The molecule has 37 heavy (non-hydrogen) atoms. The molecule has 8 nitrogen and oxygen atoms in total. The molecule has 9 heteroatoms. The highest BCUT2D eigenvalue weighted by molar-refractivity contribution is 7.09. The predicted octanol–water partition coefficient (Wildman–Crippen LogP) is 3.37. The monoisotopic (exact) mass is 536 g/mol. The Morgan fingerprint density at radius 2 is 1.95 bits per heavy atom. The summed E-state index contributed by atoms with van der Waals surface area (Å²) in [6.07, 6.45) is 2.19. The van der Waals surface area contributed by atoms with Crippen LogP contribution in [0.25, 0.3) is 6.08 Å². The summed E-state index contributed by atoms with van der Waals surface area (Å²) in [5.74, 6) is -1.57. The Morgan fingerprint density at radius 1 is 1.24 bits per heavy atom. The fourth-order valence-electron chi connectivity index (χ4n) is 5.65. The highest BCUT2D eigenvalue weighted by atomic mass is 32.1. The van der Waals surface area contributed by atoms with Gasteiger partial charge in [0.15, 0.2) is 0 Å². The molecule has 0 aromatic carbocycles. The molecule has 3 rings (SSSR count). The molecule has 208 valence electrons. The fraction of sp³-hybridized carbons (Fsp3) is 0.750. The molecule has 2 aliphatic rings. The highest BCUT2D eigenvalue weighted by Crippen LogP contribution is 2.39. The summed E-state index contributed by atoms with van der Waals surface area (Å²) >= 11 is 1.55. The van der Waals surface area contributed by atoms with Gasteiger partial charge in [-0.1, -0.05) is 34.1 Å². The minimum Gasteiger partial charge on any atom is -0.458 e. The SMILES string of the molecule is C/C(=C\c1csc(C)n1)[C@@H]1C[C@H]2[C@@H](CCCC(C)[C@H](O)C(C)C(=O)C(C)(C)C(O)CC(=O)O1)N2CCO. The third-order valence-corrected chi connectivity index (χ3v) is 9.10. The number of carbonyl (C=O) groups excluding carboxylic acids is 2. The van der Waals surface area contributed by atoms with Crippen molar-refractivity contribution in [1.29, 1.82) is 0 Å². The minimum atomic E-state index is -1.24. The lowest BCUT2D eigenvalue weighted by Gasteiger charge is -2.34. The number of thiazole rings is 1. The van der Waals surface area contributed by atoms with Crippen molar-refractivity contribution in [3.05, 3.63) is 21.7 Å². The summed E-state index contributed by atoms with van der Waals surface area (Å²) in [6.45, 7) is 11.4. The summed E-state index contributed by atoms with van der Waals surface area (Å²) in [5.41, 5.74) is 0.467. The highest BCUT2D eigenvalue weighted by Gasteiger charge is 2.48. The number of hydrogen-bond acceptors (Lipinski definition) is 9. The second-order valence-corrected chi connectivity index (χ2v) is 12.5. The van der Waals surface area contributed by atoms with Crippen LogP contribution in [0, 0.1) is 24.2 Å². The van der Waals surface area contributed by atoms with E-state index in [0.29, 0.717) is 13.0 Å². The van der Waals surface area contributed by atoms with E-state index in [1.807, 2.05) is 32.2 Å². The van der Waals surface area contributed by atoms with Crippen LogP contribution >= 0.6 is 11.3 Å². The van der Waals surface area contributed by atoms with E-state index >= 15 is 0 Å². The van der Waals surface area contributed by atoms with E-state index in [1.54, 1.807) is 32.1 Å². The van der Waals surface area contributed by atoms with E-state index in [2.05, 4.69) is 9.88 Å². The number of nitrogens with zero attached hydrogens (tertiary/aromatic N) is 2. The van der Waals surface area contributed by atoms with E-state index in [0.717, 1.165) is 35.5 Å². The third-order valence-electron chi connectivity index (χ3n) is 8.31. The second-order valence-electron chi connectivity index (χ2n) is 11.5. The van der Waals surface area contributed by atoms with Gasteiger partial charge < -0.3 is 20.1 Å². The van der Waals surface area contributed by atoms with Gasteiger partial charge >= 0.3 is 5.97 Å². The molecule has 3 heterocycles. The maximum Gasteiger partial charge on any atom is 0.309 e. The minimum absolute atomic E-state index is 0.0559. The number of rotatable bonds is 4. The number of fused-ring (bicyclic) bond motifs is 1. The van der Waals surface area contributed by atoms with Crippen molar-refractivity contribution < 1.29 is 29.6 Å². The molecule has 1 aromatic heterocycles. The van der Waals surface area contributed by atoms with E-state index in [4.69, 9.17) is 4.74 Å². The zero-order valence-corrected chi connectivity index (χ0v) is 23.8. The Hall–Kier alpha value is -1.65. The zero-order chi connectivity index (χ0) is 27.5. The van der Waals surface area contributed by atoms with Crippen molar-refractivity contribution in [2.45, 2.75) is 104 Å². The quantitative estimate of drug-likeness (QED) is 0.396. The van der Waals surface area contributed by atoms with Gasteiger partial charge in [0.25, 0.3) is 0 Å². The summed E-state index contributed by atoms with van der Waals surface area (Å²) in [5, 5.41) is 34.3. The normalized spacial score (nSPS) is 36.1. The van der Waals surface area contributed by atoms with Crippen LogP contribution < -0.4 is 0 Å². The number of aliphatic hydroxyl groups excluding tert-OH is 3. The number of aliphatic hydroxyl groups is 3. The van der Waals surface area contributed by atoms with Gasteiger partial charge in [-0.25, -0.2) is 4.98 Å². The van der Waals surface area contributed by atoms with Gasteiger partial charge in [0.2, 0.25) is 0 Å². The molecular formula is C28H44N2O6S. The van der Waals surface area contributed by atoms with Gasteiger partial charge in [-0.3, -0.25) is 14.5 Å². The molecule has 0 radical (unpaired) electrons. The topological polar surface area (TPSA) is 120 Å². The van der Waals surface area contributed by atoms with Crippen LogP contribution in [0.1, 0.15) is 77.4 Å². The van der Waals surface area contributed by atoms with Crippen molar-refractivity contribution in [3.8, 4) is 0 Å². The van der Waals surface area contributed by atoms with E-state index in [9.17, 15) is 24.9 Å². The van der Waals surface area contributed by atoms with E-state index < -0.39 is 35.6 Å². The molecule has 4 unspecified atom stereocenters. The summed E-state index contributed by atoms with van der Waals surface area (Å²) < 4.78 is 5.94. The third kappa shape index (κ3) is 7.26. The maximum absolute atomic E-state index is 13.3. The van der Waals surface area contributed by atoms with Crippen molar-refractivity contribution in [2.24, 2.45) is 17.3 Å². The van der Waals surface area contributed by atoms with Gasteiger partial charge in [-0.2, -0.15) is 0 Å². The van der Waals surface area contributed by atoms with Crippen molar-refractivity contribution in [2.75, 3.05) is 13.2 Å². The first-order valence-corrected chi connectivity index (χ1v) is 14.3. The number of esters is 1. The number of β-amino-alcohol motifs (C(OH)–C–C–N with tert-alkyl or cyclic N) is 1. The Kier molecular flexibility index (Phi) is 10.1. The standard InChI is InChI=1S/C28H44N2O6S/c1-16-8-7-9-21-22(30(21)10-11-31)13-23(17(2)12-20-15-37-19(4)29-20)36-25(33)14-24(32)28(5,6)27(35)18(3)26(16)34/h12,15-16,18,21-24,26,31-32,34H,7-11,13-14H2,1-6H3/b17-12+/t16?,18?,21-,22+,23+,24?,26+,30?/m1/s1. The molecule has 0 saturated carbocycles. The smallest absolute Gasteiger partial charge is 0.309 e. The molecule has 0 spiro atoms. The lowest BCUT2D eigenvalue weighted by atomic mass is 9.73. The molecule has 2 aliphatic heterocycles. The molecule has 0 aliphatic carbocycles. The van der Waals surface area contributed by atoms with Gasteiger partial charge in [-0.15, -0.1) is 11.3 Å². The summed E-state index contributed by atoms with van der Waals surface area (Å²) in [7, 11) is 0. The number of ketones is 1. The second kappa shape index (κ2) is 12.5. The largest absolute Gasteiger partial charge is 0.458 e. The Bertz CT molecular complexity index is 976. The summed E-state index contributed by atoms with van der Waals surface area (Å²) in [6, 6.07) is 0.434. The fourth-order valence-corrected chi connectivity index (χ4v) is 6.22. The van der Waals surface area contributed by atoms with Crippen LogP contribution in [0.2, 0.25) is 0 Å². The van der Waals surface area contributed by atoms with E-state index in [-0.39, 0.29) is 36.8 Å². The van der Waals surface area contributed by atoms with Crippen LogP contribution in [-0.2, 0) is 14.3 Å². The molecule has 3 N–H and O–H groups in total. The van der Waals surface area contributed by atoms with Crippen molar-refractivity contribution in [1.82, 2.24) is 9.88 Å². The molecule has 8 atom stereocenters. The molecule has 2 fully saturated rings. The van der Waals surface area contributed by atoms with E-state index in [1.165, 1.54) is 0 Å². The number of carbonyl (C=O) groups is 2. The lowest BCUT2D eigenvalue weighted by molar-refractivity contribution is -0.154. The van der Waals surface area contributed by atoms with Gasteiger partial charge in [0, 0.05) is 36.3 Å². The molecular weight excluding hydrogens is 492 g/mol. The number of aromatic nitrogens is 1. The van der Waals surface area contributed by atoms with Crippen LogP contribution in [-0.4, -0.2) is 80.5 Å². The average Bonchev–Trinajstić information content (AvgIpc) is 3.29.